The lowest BCUT2D eigenvalue weighted by Gasteiger charge is -2.15. The summed E-state index contributed by atoms with van der Waals surface area (Å²) in [5.74, 6) is 1.08. The summed E-state index contributed by atoms with van der Waals surface area (Å²) in [5.41, 5.74) is 4.83. The second-order valence-electron chi connectivity index (χ2n) is 11.8. The van der Waals surface area contributed by atoms with Crippen molar-refractivity contribution in [2.45, 2.75) is 45.0 Å². The Balaban J connectivity index is 1.28. The van der Waals surface area contributed by atoms with Gasteiger partial charge in [0.2, 0.25) is 11.8 Å². The van der Waals surface area contributed by atoms with Crippen LogP contribution in [-0.4, -0.2) is 67.5 Å². The number of benzene rings is 1. The molecule has 5 aromatic rings. The Morgan fingerprint density at radius 3 is 2.62 bits per heavy atom. The summed E-state index contributed by atoms with van der Waals surface area (Å²) >= 11 is 14.1. The van der Waals surface area contributed by atoms with Crippen molar-refractivity contribution in [2.24, 2.45) is 7.05 Å². The molecule has 4 aromatic heterocycles. The second-order valence-corrected chi connectivity index (χ2v) is 12.6. The minimum Gasteiger partial charge on any atom is -0.481 e. The van der Waals surface area contributed by atoms with E-state index in [0.717, 1.165) is 12.0 Å². The number of carbonyl (C=O) groups excluding carboxylic acids is 1. The third kappa shape index (κ3) is 6.94. The molecule has 2 atom stereocenters. The topological polar surface area (TPSA) is 148 Å². The normalized spacial score (nSPS) is 15.2. The fourth-order valence-corrected chi connectivity index (χ4v) is 6.43. The molecule has 0 aliphatic carbocycles. The van der Waals surface area contributed by atoms with E-state index in [2.05, 4.69) is 26.0 Å². The molecule has 48 heavy (non-hydrogen) atoms. The maximum atomic E-state index is 13.2. The van der Waals surface area contributed by atoms with Gasteiger partial charge in [-0.05, 0) is 31.5 Å². The van der Waals surface area contributed by atoms with Gasteiger partial charge in [-0.3, -0.25) is 19.1 Å². The number of nitrogens with one attached hydrogen (secondary N) is 3. The van der Waals surface area contributed by atoms with Gasteiger partial charge in [-0.15, -0.1) is 0 Å². The van der Waals surface area contributed by atoms with Crippen molar-refractivity contribution in [2.75, 3.05) is 20.2 Å². The first kappa shape index (κ1) is 33.6. The summed E-state index contributed by atoms with van der Waals surface area (Å²) in [4.78, 5) is 34.0. The Morgan fingerprint density at radius 2 is 1.88 bits per heavy atom. The molecule has 0 saturated carbocycles. The fourth-order valence-electron chi connectivity index (χ4n) is 5.78. The number of aliphatic hydroxyl groups excluding tert-OH is 1. The maximum absolute atomic E-state index is 13.2. The minimum absolute atomic E-state index is 0.0876. The molecule has 1 amide bonds. The van der Waals surface area contributed by atoms with Crippen LogP contribution in [0.25, 0.3) is 39.2 Å². The largest absolute Gasteiger partial charge is 0.481 e. The number of ether oxygens (including phenoxy) is 1. The van der Waals surface area contributed by atoms with E-state index in [4.69, 9.17) is 32.9 Å². The third-order valence-corrected chi connectivity index (χ3v) is 9.10. The Bertz CT molecular complexity index is 2040. The number of hydrogen-bond donors (Lipinski definition) is 4. The van der Waals surface area contributed by atoms with Gasteiger partial charge in [0.1, 0.15) is 11.3 Å². The molecule has 14 heteroatoms. The summed E-state index contributed by atoms with van der Waals surface area (Å²) in [5, 5.41) is 24.4. The summed E-state index contributed by atoms with van der Waals surface area (Å²) in [6.45, 7) is 3.56. The van der Waals surface area contributed by atoms with Crippen LogP contribution in [0, 0.1) is 0 Å². The summed E-state index contributed by atoms with van der Waals surface area (Å²) in [6, 6.07) is 13.2. The number of methoxy groups -OCH3 is 1. The number of nitrogens with zero attached hydrogens (tertiary/aromatic N) is 5. The van der Waals surface area contributed by atoms with Crippen LogP contribution in [0.2, 0.25) is 10.0 Å². The first-order valence-corrected chi connectivity index (χ1v) is 16.3. The molecule has 1 aliphatic rings. The molecule has 0 radical (unpaired) electrons. The van der Waals surface area contributed by atoms with Gasteiger partial charge in [-0.25, -0.2) is 9.50 Å². The molecule has 1 aliphatic heterocycles. The van der Waals surface area contributed by atoms with Gasteiger partial charge in [0.15, 0.2) is 0 Å². The number of aromatic nitrogens is 5. The Labute approximate surface area is 287 Å². The smallest absolute Gasteiger partial charge is 0.277 e. The van der Waals surface area contributed by atoms with Crippen molar-refractivity contribution in [3.8, 4) is 39.5 Å². The zero-order chi connectivity index (χ0) is 33.9. The minimum atomic E-state index is -0.523. The average Bonchev–Trinajstić information content (AvgIpc) is 3.69. The van der Waals surface area contributed by atoms with E-state index < -0.39 is 6.10 Å². The van der Waals surface area contributed by atoms with Crippen molar-refractivity contribution < 1.29 is 14.6 Å². The zero-order valence-corrected chi connectivity index (χ0v) is 28.3. The zero-order valence-electron chi connectivity index (χ0n) is 26.8. The number of pyridine rings is 2. The number of fused-ring (bicyclic) bond motifs is 1. The third-order valence-electron chi connectivity index (χ3n) is 8.31. The maximum Gasteiger partial charge on any atom is 0.277 e. The van der Waals surface area contributed by atoms with Gasteiger partial charge in [0.25, 0.3) is 5.56 Å². The lowest BCUT2D eigenvalue weighted by atomic mass is 10.00. The van der Waals surface area contributed by atoms with E-state index in [1.807, 2.05) is 30.3 Å². The van der Waals surface area contributed by atoms with E-state index >= 15 is 0 Å². The molecule has 4 N–H and O–H groups in total. The molecule has 0 bridgehead atoms. The standard InChI is InChI=1S/C34H36Cl2N8O4/c1-19(45)14-37-17-28-42-44-18-21(13-27(44)34(47)43(28)2)32-31(36)24(11-12-39-32)23-5-4-6-25(30(23)35)26-9-7-20(33(41-26)48-3)15-38-16-22-8-10-29(46)40-22/h4-7,9,11-13,18-19,22,37-38,45H,8,10,14-17H2,1-3H3,(H,40,46)/t19-,22+/m1/s1. The van der Waals surface area contributed by atoms with Crippen LogP contribution in [-0.2, 0) is 24.9 Å². The molecular formula is C34H36Cl2N8O4. The highest BCUT2D eigenvalue weighted by Crippen LogP contribution is 2.41. The summed E-state index contributed by atoms with van der Waals surface area (Å²) < 4.78 is 8.63. The fraction of sp³-hybridized carbons (Fsp3) is 0.324. The van der Waals surface area contributed by atoms with E-state index in [0.29, 0.717) is 93.5 Å². The van der Waals surface area contributed by atoms with E-state index in [1.54, 1.807) is 45.6 Å². The van der Waals surface area contributed by atoms with Crippen LogP contribution >= 0.6 is 23.2 Å². The van der Waals surface area contributed by atoms with Crippen molar-refractivity contribution in [3.05, 3.63) is 86.6 Å². The van der Waals surface area contributed by atoms with E-state index in [-0.39, 0.29) is 17.5 Å². The Hall–Kier alpha value is -4.33. The molecule has 0 unspecified atom stereocenters. The molecule has 250 valence electrons. The van der Waals surface area contributed by atoms with E-state index in [9.17, 15) is 14.7 Å². The highest BCUT2D eigenvalue weighted by molar-refractivity contribution is 6.39. The van der Waals surface area contributed by atoms with Gasteiger partial charge >= 0.3 is 0 Å². The number of carbonyl (C=O) groups is 1. The number of halogens is 2. The molecule has 1 fully saturated rings. The number of hydrogen-bond acceptors (Lipinski definition) is 9. The molecule has 5 heterocycles. The summed E-state index contributed by atoms with van der Waals surface area (Å²) in [6.07, 6.45) is 4.24. The predicted molar refractivity (Wildman–Crippen MR) is 185 cm³/mol. The van der Waals surface area contributed by atoms with Crippen molar-refractivity contribution >= 4 is 34.6 Å². The number of amides is 1. The number of aliphatic hydroxyl groups is 1. The molecule has 1 saturated heterocycles. The van der Waals surface area contributed by atoms with Crippen LogP contribution in [0.3, 0.4) is 0 Å². The SMILES string of the molecule is COc1nc(-c2cccc(-c3ccnc(-c4cc5c(=O)n(C)c(CNC[C@@H](C)O)nn5c4)c3Cl)c2Cl)ccc1CNC[C@@H]1CCC(=O)N1. The van der Waals surface area contributed by atoms with Gasteiger partial charge in [-0.1, -0.05) is 47.5 Å². The average molecular weight is 692 g/mol. The van der Waals surface area contributed by atoms with Gasteiger partial charge < -0.3 is 25.8 Å². The second kappa shape index (κ2) is 14.4. The predicted octanol–water partition coefficient (Wildman–Crippen LogP) is 3.98. The molecular weight excluding hydrogens is 655 g/mol. The molecule has 0 spiro atoms. The molecule has 1 aromatic carbocycles. The molecule has 6 rings (SSSR count). The van der Waals surface area contributed by atoms with Crippen molar-refractivity contribution in [1.29, 1.82) is 0 Å². The highest BCUT2D eigenvalue weighted by Gasteiger charge is 2.21. The Morgan fingerprint density at radius 1 is 1.08 bits per heavy atom. The first-order chi connectivity index (χ1) is 23.1. The van der Waals surface area contributed by atoms with Crippen LogP contribution in [0.1, 0.15) is 31.2 Å². The van der Waals surface area contributed by atoms with E-state index in [1.165, 1.54) is 9.08 Å². The van der Waals surface area contributed by atoms with Crippen molar-refractivity contribution in [1.82, 2.24) is 40.1 Å². The van der Waals surface area contributed by atoms with Crippen LogP contribution in [0.5, 0.6) is 5.88 Å². The highest BCUT2D eigenvalue weighted by atomic mass is 35.5. The van der Waals surface area contributed by atoms with Crippen LogP contribution in [0.15, 0.2) is 59.7 Å². The number of rotatable bonds is 12. The quantitative estimate of drug-likeness (QED) is 0.153. The lowest BCUT2D eigenvalue weighted by molar-refractivity contribution is -0.119. The van der Waals surface area contributed by atoms with Crippen molar-refractivity contribution in [3.63, 3.8) is 0 Å². The van der Waals surface area contributed by atoms with Crippen LogP contribution in [0.4, 0.5) is 0 Å². The monoisotopic (exact) mass is 690 g/mol. The summed E-state index contributed by atoms with van der Waals surface area (Å²) in [7, 11) is 3.24. The van der Waals surface area contributed by atoms with Gasteiger partial charge in [0.05, 0.1) is 41.2 Å². The molecule has 12 nitrogen and oxygen atoms in total. The van der Waals surface area contributed by atoms with Gasteiger partial charge in [0, 0.05) is 79.4 Å². The first-order valence-electron chi connectivity index (χ1n) is 15.6. The lowest BCUT2D eigenvalue weighted by Crippen LogP contribution is -2.35. The van der Waals surface area contributed by atoms with Crippen LogP contribution < -0.4 is 26.2 Å². The van der Waals surface area contributed by atoms with Gasteiger partial charge in [-0.2, -0.15) is 5.10 Å². The Kier molecular flexibility index (Phi) is 10.1.